The van der Waals surface area contributed by atoms with Gasteiger partial charge in [0.05, 0.1) is 5.69 Å². The molecule has 3 aromatic carbocycles. The quantitative estimate of drug-likeness (QED) is 0.246. The second-order valence-corrected chi connectivity index (χ2v) is 9.90. The maximum atomic E-state index is 14.6. The fourth-order valence-corrected chi connectivity index (χ4v) is 5.05. The van der Waals surface area contributed by atoms with E-state index in [0.717, 1.165) is 11.6 Å². The van der Waals surface area contributed by atoms with E-state index in [1.54, 1.807) is 24.4 Å². The van der Waals surface area contributed by atoms with Crippen molar-refractivity contribution in [1.29, 1.82) is 0 Å². The number of fused-ring (bicyclic) bond motifs is 5. The number of aromatic nitrogens is 1. The molecule has 0 aliphatic heterocycles. The van der Waals surface area contributed by atoms with Gasteiger partial charge in [-0.1, -0.05) is 75.4 Å². The maximum Gasteiger partial charge on any atom is 0.411 e. The average Bonchev–Trinajstić information content (AvgIpc) is 3.10. The van der Waals surface area contributed by atoms with Crippen LogP contribution < -0.4 is 0 Å². The van der Waals surface area contributed by atoms with E-state index in [9.17, 15) is 26.3 Å². The molecule has 1 nitrogen and oxygen atoms in total. The van der Waals surface area contributed by atoms with E-state index in [1.807, 2.05) is 26.8 Å². The van der Waals surface area contributed by atoms with Crippen LogP contribution in [0.15, 0.2) is 72.9 Å². The second kappa shape index (κ2) is 7.33. The number of halogens is 6. The molecule has 0 bridgehead atoms. The molecule has 0 fully saturated rings. The van der Waals surface area contributed by atoms with E-state index >= 15 is 0 Å². The van der Waals surface area contributed by atoms with Crippen LogP contribution >= 0.6 is 0 Å². The van der Waals surface area contributed by atoms with Crippen LogP contribution in [0.1, 0.15) is 37.5 Å². The Kier molecular flexibility index (Phi) is 4.90. The first-order chi connectivity index (χ1) is 16.3. The van der Waals surface area contributed by atoms with E-state index in [2.05, 4.69) is 4.98 Å². The third kappa shape index (κ3) is 3.27. The molecule has 180 valence electrons. The second-order valence-electron chi connectivity index (χ2n) is 9.90. The van der Waals surface area contributed by atoms with E-state index in [4.69, 9.17) is 0 Å². The first-order valence-electron chi connectivity index (χ1n) is 11.0. The fourth-order valence-electron chi connectivity index (χ4n) is 5.05. The van der Waals surface area contributed by atoms with Crippen molar-refractivity contribution >= 4 is 10.8 Å². The summed E-state index contributed by atoms with van der Waals surface area (Å²) in [7, 11) is 0. The molecular weight excluding hydrogens is 464 g/mol. The molecule has 1 aliphatic rings. The minimum absolute atomic E-state index is 0.0648. The lowest BCUT2D eigenvalue weighted by atomic mass is 9.74. The van der Waals surface area contributed by atoms with Crippen LogP contribution in [0.25, 0.3) is 33.2 Å². The number of pyridine rings is 1. The van der Waals surface area contributed by atoms with Gasteiger partial charge < -0.3 is 0 Å². The molecule has 0 unspecified atom stereocenters. The van der Waals surface area contributed by atoms with Crippen molar-refractivity contribution in [3.63, 3.8) is 0 Å². The molecule has 0 spiro atoms. The average molecular weight is 485 g/mol. The number of rotatable bonds is 1. The number of benzene rings is 3. The molecule has 1 heterocycles. The van der Waals surface area contributed by atoms with Gasteiger partial charge in [-0.3, -0.25) is 4.98 Å². The van der Waals surface area contributed by atoms with Crippen LogP contribution in [0.4, 0.5) is 26.3 Å². The highest BCUT2D eigenvalue weighted by molar-refractivity contribution is 5.99. The molecule has 0 saturated heterocycles. The summed E-state index contributed by atoms with van der Waals surface area (Å²) in [6.07, 6.45) is -9.53. The standard InChI is InChI=1S/C28H21F6N/c1-25(2,3)18-10-13-23(35-15-18)17-9-12-22-21(14-17)20-11-8-16-6-4-5-7-19(16)24(20)26(22,27(29,30)31)28(32,33)34/h4-15H,1-3H3. The molecular formula is C28H21F6N. The summed E-state index contributed by atoms with van der Waals surface area (Å²) in [5.74, 6) is 0. The number of hydrogen-bond acceptors (Lipinski definition) is 1. The summed E-state index contributed by atoms with van der Waals surface area (Å²) < 4.78 is 87.9. The van der Waals surface area contributed by atoms with Gasteiger partial charge in [0.15, 0.2) is 0 Å². The predicted molar refractivity (Wildman–Crippen MR) is 124 cm³/mol. The third-order valence-corrected chi connectivity index (χ3v) is 6.79. The first kappa shape index (κ1) is 23.4. The Morgan fingerprint density at radius 2 is 1.40 bits per heavy atom. The van der Waals surface area contributed by atoms with E-state index in [-0.39, 0.29) is 21.9 Å². The lowest BCUT2D eigenvalue weighted by Crippen LogP contribution is -2.53. The molecule has 0 saturated carbocycles. The van der Waals surface area contributed by atoms with Gasteiger partial charge in [0.2, 0.25) is 5.41 Å². The lowest BCUT2D eigenvalue weighted by molar-refractivity contribution is -0.287. The van der Waals surface area contributed by atoms with Crippen molar-refractivity contribution < 1.29 is 26.3 Å². The monoisotopic (exact) mass is 485 g/mol. The maximum absolute atomic E-state index is 14.6. The van der Waals surface area contributed by atoms with Crippen LogP contribution in [0.2, 0.25) is 0 Å². The van der Waals surface area contributed by atoms with Crippen molar-refractivity contribution in [2.45, 2.75) is 44.0 Å². The van der Waals surface area contributed by atoms with Crippen molar-refractivity contribution in [3.8, 4) is 22.4 Å². The van der Waals surface area contributed by atoms with Gasteiger partial charge in [0.1, 0.15) is 0 Å². The van der Waals surface area contributed by atoms with Crippen LogP contribution in [0.3, 0.4) is 0 Å². The molecule has 35 heavy (non-hydrogen) atoms. The topological polar surface area (TPSA) is 12.9 Å². The summed E-state index contributed by atoms with van der Waals surface area (Å²) in [5, 5.41) is 0.252. The Morgan fingerprint density at radius 1 is 0.714 bits per heavy atom. The predicted octanol–water partition coefficient (Wildman–Crippen LogP) is 8.59. The van der Waals surface area contributed by atoms with Gasteiger partial charge in [-0.05, 0) is 56.1 Å². The third-order valence-electron chi connectivity index (χ3n) is 6.79. The van der Waals surface area contributed by atoms with Crippen LogP contribution in [0, 0.1) is 0 Å². The Bertz CT molecular complexity index is 1430. The summed E-state index contributed by atoms with van der Waals surface area (Å²) >= 11 is 0. The van der Waals surface area contributed by atoms with Gasteiger partial charge >= 0.3 is 12.4 Å². The van der Waals surface area contributed by atoms with Crippen molar-refractivity contribution in [2.75, 3.05) is 0 Å². The fraction of sp³-hybridized carbons (Fsp3) is 0.250. The van der Waals surface area contributed by atoms with Crippen LogP contribution in [-0.4, -0.2) is 17.3 Å². The van der Waals surface area contributed by atoms with Gasteiger partial charge in [0, 0.05) is 11.8 Å². The van der Waals surface area contributed by atoms with Crippen LogP contribution in [-0.2, 0) is 10.8 Å². The summed E-state index contributed by atoms with van der Waals surface area (Å²) in [6.45, 7) is 6.07. The van der Waals surface area contributed by atoms with Gasteiger partial charge in [-0.15, -0.1) is 0 Å². The minimum atomic E-state index is -5.61. The zero-order valence-corrected chi connectivity index (χ0v) is 19.1. The number of alkyl halides is 6. The summed E-state index contributed by atoms with van der Waals surface area (Å²) in [4.78, 5) is 4.44. The molecule has 0 radical (unpaired) electrons. The SMILES string of the molecule is CC(C)(C)c1ccc(-c2ccc3c(c2)-c2ccc4ccccc4c2C3(C(F)(F)F)C(F)(F)F)nc1. The van der Waals surface area contributed by atoms with E-state index in [0.29, 0.717) is 16.6 Å². The Hall–Kier alpha value is -3.35. The Labute approximate surface area is 198 Å². The molecule has 4 aromatic rings. The molecule has 0 N–H and O–H groups in total. The summed E-state index contributed by atoms with van der Waals surface area (Å²) in [5.41, 5.74) is -4.12. The number of nitrogens with zero attached hydrogens (tertiary/aromatic N) is 1. The van der Waals surface area contributed by atoms with Gasteiger partial charge in [-0.25, -0.2) is 0 Å². The van der Waals surface area contributed by atoms with Gasteiger partial charge in [-0.2, -0.15) is 26.3 Å². The largest absolute Gasteiger partial charge is 0.411 e. The number of hydrogen-bond donors (Lipinski definition) is 0. The Balaban J connectivity index is 1.82. The zero-order valence-electron chi connectivity index (χ0n) is 19.1. The van der Waals surface area contributed by atoms with Crippen LogP contribution in [0.5, 0.6) is 0 Å². The van der Waals surface area contributed by atoms with E-state index in [1.165, 1.54) is 36.4 Å². The van der Waals surface area contributed by atoms with Crippen molar-refractivity contribution in [2.24, 2.45) is 0 Å². The molecule has 0 amide bonds. The molecule has 5 rings (SSSR count). The first-order valence-corrected chi connectivity index (χ1v) is 11.0. The summed E-state index contributed by atoms with van der Waals surface area (Å²) in [6, 6.07) is 16.0. The molecule has 1 aliphatic carbocycles. The molecule has 1 aromatic heterocycles. The highest BCUT2D eigenvalue weighted by Gasteiger charge is 2.75. The molecule has 7 heteroatoms. The minimum Gasteiger partial charge on any atom is -0.256 e. The van der Waals surface area contributed by atoms with Gasteiger partial charge in [0.25, 0.3) is 0 Å². The Morgan fingerprint density at radius 3 is 2.00 bits per heavy atom. The highest BCUT2D eigenvalue weighted by atomic mass is 19.4. The normalized spacial score (nSPS) is 15.2. The smallest absolute Gasteiger partial charge is 0.256 e. The molecule has 0 atom stereocenters. The van der Waals surface area contributed by atoms with Crippen molar-refractivity contribution in [3.05, 3.63) is 89.6 Å². The van der Waals surface area contributed by atoms with E-state index < -0.39 is 28.9 Å². The lowest BCUT2D eigenvalue weighted by Gasteiger charge is -2.36. The van der Waals surface area contributed by atoms with Crippen molar-refractivity contribution in [1.82, 2.24) is 4.98 Å². The zero-order chi connectivity index (χ0) is 25.4. The highest BCUT2D eigenvalue weighted by Crippen LogP contribution is 2.65.